The number of Topliss-reactive ketones (excluding diaryl/α,β-unsaturated/α-hetero) is 1. The molecule has 1 aromatic carbocycles. The molecule has 2 unspecified atom stereocenters. The number of hydrogen-bond donors (Lipinski definition) is 1. The second-order valence-corrected chi connectivity index (χ2v) is 3.52. The minimum absolute atomic E-state index is 0.0417. The van der Waals surface area contributed by atoms with E-state index >= 15 is 0 Å². The van der Waals surface area contributed by atoms with Gasteiger partial charge in [-0.3, -0.25) is 4.79 Å². The Morgan fingerprint density at radius 3 is 2.21 bits per heavy atom. The van der Waals surface area contributed by atoms with Gasteiger partial charge in [-0.05, 0) is 31.2 Å². The molecule has 0 saturated carbocycles. The smallest absolute Gasteiger partial charge is 0.167 e. The lowest BCUT2D eigenvalue weighted by atomic mass is 9.94. The molecule has 1 aromatic rings. The van der Waals surface area contributed by atoms with Gasteiger partial charge in [-0.2, -0.15) is 0 Å². The summed E-state index contributed by atoms with van der Waals surface area (Å²) in [5.41, 5.74) is 6.12. The van der Waals surface area contributed by atoms with E-state index in [1.54, 1.807) is 13.8 Å². The third-order valence-corrected chi connectivity index (χ3v) is 2.33. The summed E-state index contributed by atoms with van der Waals surface area (Å²) < 4.78 is 12.6. The number of nitrogens with two attached hydrogens (primary N) is 1. The molecule has 2 N–H and O–H groups in total. The lowest BCUT2D eigenvalue weighted by Gasteiger charge is -2.13. The highest BCUT2D eigenvalue weighted by molar-refractivity contribution is 5.97. The fraction of sp³-hybridized carbons (Fsp3) is 0.364. The van der Waals surface area contributed by atoms with Gasteiger partial charge >= 0.3 is 0 Å². The molecule has 0 aliphatic heterocycles. The predicted octanol–water partition coefficient (Wildman–Crippen LogP) is 1.99. The Labute approximate surface area is 82.9 Å². The normalized spacial score (nSPS) is 14.9. The summed E-state index contributed by atoms with van der Waals surface area (Å²) in [6, 6.07) is 5.34. The minimum Gasteiger partial charge on any atom is -0.327 e. The quantitative estimate of drug-likeness (QED) is 0.749. The summed E-state index contributed by atoms with van der Waals surface area (Å²) in [6.45, 7) is 3.56. The molecule has 14 heavy (non-hydrogen) atoms. The predicted molar refractivity (Wildman–Crippen MR) is 53.5 cm³/mol. The Kier molecular flexibility index (Phi) is 3.36. The van der Waals surface area contributed by atoms with Crippen molar-refractivity contribution in [2.45, 2.75) is 19.9 Å². The summed E-state index contributed by atoms with van der Waals surface area (Å²) in [4.78, 5) is 11.7. The Morgan fingerprint density at radius 2 is 1.79 bits per heavy atom. The van der Waals surface area contributed by atoms with E-state index in [1.165, 1.54) is 24.3 Å². The second-order valence-electron chi connectivity index (χ2n) is 3.52. The van der Waals surface area contributed by atoms with Gasteiger partial charge in [-0.15, -0.1) is 0 Å². The van der Waals surface area contributed by atoms with Crippen molar-refractivity contribution in [3.8, 4) is 0 Å². The van der Waals surface area contributed by atoms with Crippen molar-refractivity contribution >= 4 is 5.78 Å². The van der Waals surface area contributed by atoms with E-state index in [1.807, 2.05) is 0 Å². The Hall–Kier alpha value is -1.22. The molecule has 0 aromatic heterocycles. The maximum atomic E-state index is 12.6. The van der Waals surface area contributed by atoms with Gasteiger partial charge in [0.1, 0.15) is 5.82 Å². The van der Waals surface area contributed by atoms with Crippen LogP contribution in [0.3, 0.4) is 0 Å². The molecule has 1 rings (SSSR count). The summed E-state index contributed by atoms with van der Waals surface area (Å²) in [5, 5.41) is 0. The lowest BCUT2D eigenvalue weighted by Crippen LogP contribution is -2.30. The highest BCUT2D eigenvalue weighted by Crippen LogP contribution is 2.11. The topological polar surface area (TPSA) is 43.1 Å². The molecule has 3 heteroatoms. The number of benzene rings is 1. The van der Waals surface area contributed by atoms with E-state index in [9.17, 15) is 9.18 Å². The molecule has 0 spiro atoms. The van der Waals surface area contributed by atoms with Crippen LogP contribution in [0.5, 0.6) is 0 Å². The third kappa shape index (κ3) is 2.39. The average molecular weight is 195 g/mol. The lowest BCUT2D eigenvalue weighted by molar-refractivity contribution is 0.0917. The van der Waals surface area contributed by atoms with Crippen molar-refractivity contribution in [2.75, 3.05) is 0 Å². The average Bonchev–Trinajstić information content (AvgIpc) is 2.16. The van der Waals surface area contributed by atoms with Gasteiger partial charge in [0.2, 0.25) is 0 Å². The molecular formula is C11H14FNO. The summed E-state index contributed by atoms with van der Waals surface area (Å²) in [7, 11) is 0. The third-order valence-electron chi connectivity index (χ3n) is 2.33. The van der Waals surface area contributed by atoms with Crippen molar-refractivity contribution in [2.24, 2.45) is 11.7 Å². The molecule has 0 bridgehead atoms. The molecule has 0 radical (unpaired) electrons. The molecule has 76 valence electrons. The van der Waals surface area contributed by atoms with Crippen LogP contribution in [0, 0.1) is 11.7 Å². The van der Waals surface area contributed by atoms with Crippen LogP contribution in [0.25, 0.3) is 0 Å². The number of rotatable bonds is 3. The zero-order chi connectivity index (χ0) is 10.7. The highest BCUT2D eigenvalue weighted by Gasteiger charge is 2.18. The minimum atomic E-state index is -0.338. The maximum Gasteiger partial charge on any atom is 0.167 e. The molecule has 0 aliphatic rings. The molecule has 0 aliphatic carbocycles. The van der Waals surface area contributed by atoms with Gasteiger partial charge < -0.3 is 5.73 Å². The van der Waals surface area contributed by atoms with Crippen molar-refractivity contribution in [1.29, 1.82) is 0 Å². The van der Waals surface area contributed by atoms with Gasteiger partial charge in [0, 0.05) is 17.5 Å². The van der Waals surface area contributed by atoms with Gasteiger partial charge in [0.25, 0.3) is 0 Å². The monoisotopic (exact) mass is 195 g/mol. The molecule has 0 saturated heterocycles. The summed E-state index contributed by atoms with van der Waals surface area (Å²) in [6.07, 6.45) is 0. The zero-order valence-corrected chi connectivity index (χ0v) is 8.33. The van der Waals surface area contributed by atoms with Gasteiger partial charge in [0.05, 0.1) is 0 Å². The first-order valence-corrected chi connectivity index (χ1v) is 4.57. The van der Waals surface area contributed by atoms with E-state index in [-0.39, 0.29) is 23.6 Å². The van der Waals surface area contributed by atoms with Crippen molar-refractivity contribution in [1.82, 2.24) is 0 Å². The van der Waals surface area contributed by atoms with E-state index in [2.05, 4.69) is 0 Å². The van der Waals surface area contributed by atoms with Crippen LogP contribution >= 0.6 is 0 Å². The highest BCUT2D eigenvalue weighted by atomic mass is 19.1. The largest absolute Gasteiger partial charge is 0.327 e. The Balaban J connectivity index is 2.84. The number of carbonyl (C=O) groups excluding carboxylic acids is 1. The fourth-order valence-corrected chi connectivity index (χ4v) is 1.12. The first kappa shape index (κ1) is 10.9. The van der Waals surface area contributed by atoms with Crippen LogP contribution in [0.1, 0.15) is 24.2 Å². The van der Waals surface area contributed by atoms with Gasteiger partial charge in [-0.1, -0.05) is 6.92 Å². The van der Waals surface area contributed by atoms with E-state index in [0.29, 0.717) is 5.56 Å². The van der Waals surface area contributed by atoms with E-state index < -0.39 is 0 Å². The van der Waals surface area contributed by atoms with Crippen LogP contribution in [0.4, 0.5) is 4.39 Å². The molecule has 0 fully saturated rings. The number of halogens is 1. The Bertz CT molecular complexity index is 319. The summed E-state index contributed by atoms with van der Waals surface area (Å²) in [5.74, 6) is -0.615. The molecule has 0 amide bonds. The fourth-order valence-electron chi connectivity index (χ4n) is 1.12. The molecule has 2 atom stereocenters. The van der Waals surface area contributed by atoms with Gasteiger partial charge in [0.15, 0.2) is 5.78 Å². The van der Waals surface area contributed by atoms with E-state index in [0.717, 1.165) is 0 Å². The van der Waals surface area contributed by atoms with Crippen molar-refractivity contribution in [3.63, 3.8) is 0 Å². The van der Waals surface area contributed by atoms with Crippen LogP contribution < -0.4 is 5.73 Å². The first-order chi connectivity index (χ1) is 6.52. The number of ketones is 1. The van der Waals surface area contributed by atoms with Crippen molar-refractivity contribution < 1.29 is 9.18 Å². The van der Waals surface area contributed by atoms with Crippen LogP contribution in [-0.2, 0) is 0 Å². The molecular weight excluding hydrogens is 181 g/mol. The zero-order valence-electron chi connectivity index (χ0n) is 8.33. The molecule has 0 heterocycles. The van der Waals surface area contributed by atoms with E-state index in [4.69, 9.17) is 5.73 Å². The summed E-state index contributed by atoms with van der Waals surface area (Å²) >= 11 is 0. The van der Waals surface area contributed by atoms with Crippen LogP contribution in [0.15, 0.2) is 24.3 Å². The van der Waals surface area contributed by atoms with Gasteiger partial charge in [-0.25, -0.2) is 4.39 Å². The van der Waals surface area contributed by atoms with Crippen LogP contribution in [0.2, 0.25) is 0 Å². The number of carbonyl (C=O) groups is 1. The SMILES string of the molecule is CC(N)C(C)C(=O)c1ccc(F)cc1. The standard InChI is InChI=1S/C11H14FNO/c1-7(8(2)13)11(14)9-3-5-10(12)6-4-9/h3-8H,13H2,1-2H3. The molecule has 2 nitrogen and oxygen atoms in total. The maximum absolute atomic E-state index is 12.6. The second kappa shape index (κ2) is 4.33. The van der Waals surface area contributed by atoms with Crippen molar-refractivity contribution in [3.05, 3.63) is 35.6 Å². The number of hydrogen-bond acceptors (Lipinski definition) is 2. The van der Waals surface area contributed by atoms with Crippen LogP contribution in [-0.4, -0.2) is 11.8 Å². The first-order valence-electron chi connectivity index (χ1n) is 4.57. The Morgan fingerprint density at radius 1 is 1.29 bits per heavy atom.